The van der Waals surface area contributed by atoms with Crippen molar-refractivity contribution >= 4 is 5.91 Å². The first-order valence-electron chi connectivity index (χ1n) is 7.45. The number of nitrogens with one attached hydrogen (secondary N) is 1. The molecular formula is C17H21N3O. The lowest BCUT2D eigenvalue weighted by Gasteiger charge is -2.39. The summed E-state index contributed by atoms with van der Waals surface area (Å²) in [6.07, 6.45) is 3.81. The third-order valence-corrected chi connectivity index (χ3v) is 4.61. The van der Waals surface area contributed by atoms with Gasteiger partial charge in [0.05, 0.1) is 6.20 Å². The number of nitrogens with zero attached hydrogens (tertiary/aromatic N) is 2. The van der Waals surface area contributed by atoms with Gasteiger partial charge in [-0.2, -0.15) is 5.10 Å². The molecule has 4 nitrogen and oxygen atoms in total. The van der Waals surface area contributed by atoms with E-state index in [2.05, 4.69) is 24.0 Å². The molecule has 0 unspecified atom stereocenters. The number of carbonyl (C=O) groups excluding carboxylic acids is 1. The Hall–Kier alpha value is -2.10. The molecule has 2 heterocycles. The van der Waals surface area contributed by atoms with E-state index < -0.39 is 0 Å². The standard InChI is InChI=1S/C17H21N3O/c1-13-12-18-19-15(13)17(2)8-10-20(11-9-17)16(21)14-6-4-3-5-7-14/h3-7,12H,8-11H2,1-2H3,(H,18,19). The minimum Gasteiger partial charge on any atom is -0.339 e. The second-order valence-corrected chi connectivity index (χ2v) is 6.15. The second kappa shape index (κ2) is 5.35. The number of hydrogen-bond donors (Lipinski definition) is 1. The Bertz CT molecular complexity index is 624. The summed E-state index contributed by atoms with van der Waals surface area (Å²) in [5, 5.41) is 7.28. The number of aromatic nitrogens is 2. The molecule has 1 fully saturated rings. The van der Waals surface area contributed by atoms with Crippen LogP contribution in [-0.4, -0.2) is 34.1 Å². The van der Waals surface area contributed by atoms with Crippen LogP contribution in [0.5, 0.6) is 0 Å². The van der Waals surface area contributed by atoms with Gasteiger partial charge in [0.2, 0.25) is 0 Å². The average molecular weight is 283 g/mol. The van der Waals surface area contributed by atoms with E-state index >= 15 is 0 Å². The molecule has 0 aliphatic carbocycles. The van der Waals surface area contributed by atoms with Crippen LogP contribution in [0.3, 0.4) is 0 Å². The van der Waals surface area contributed by atoms with E-state index in [-0.39, 0.29) is 11.3 Å². The van der Waals surface area contributed by atoms with E-state index in [1.807, 2.05) is 41.4 Å². The molecule has 2 aromatic rings. The lowest BCUT2D eigenvalue weighted by Crippen LogP contribution is -2.44. The first kappa shape index (κ1) is 13.9. The van der Waals surface area contributed by atoms with Gasteiger partial charge in [-0.1, -0.05) is 25.1 Å². The highest BCUT2D eigenvalue weighted by molar-refractivity contribution is 5.94. The Morgan fingerprint density at radius 1 is 1.24 bits per heavy atom. The van der Waals surface area contributed by atoms with Gasteiger partial charge in [0.1, 0.15) is 0 Å². The number of aromatic amines is 1. The Kier molecular flexibility index (Phi) is 3.53. The molecule has 1 aromatic carbocycles. The number of aryl methyl sites for hydroxylation is 1. The molecule has 0 atom stereocenters. The first-order chi connectivity index (χ1) is 10.1. The van der Waals surface area contributed by atoms with Crippen molar-refractivity contribution in [2.24, 2.45) is 0 Å². The van der Waals surface area contributed by atoms with E-state index in [1.54, 1.807) is 0 Å². The summed E-state index contributed by atoms with van der Waals surface area (Å²) in [7, 11) is 0. The van der Waals surface area contributed by atoms with Gasteiger partial charge in [0, 0.05) is 29.8 Å². The molecule has 1 N–H and O–H groups in total. The largest absolute Gasteiger partial charge is 0.339 e. The molecule has 110 valence electrons. The zero-order valence-electron chi connectivity index (χ0n) is 12.6. The van der Waals surface area contributed by atoms with Crippen molar-refractivity contribution in [3.63, 3.8) is 0 Å². The summed E-state index contributed by atoms with van der Waals surface area (Å²) in [5.41, 5.74) is 3.29. The maximum absolute atomic E-state index is 12.5. The molecule has 0 radical (unpaired) electrons. The van der Waals surface area contributed by atoms with Gasteiger partial charge in [0.25, 0.3) is 5.91 Å². The van der Waals surface area contributed by atoms with Crippen LogP contribution in [0.25, 0.3) is 0 Å². The van der Waals surface area contributed by atoms with E-state index in [4.69, 9.17) is 0 Å². The lowest BCUT2D eigenvalue weighted by molar-refractivity contribution is 0.0673. The van der Waals surface area contributed by atoms with Crippen LogP contribution in [-0.2, 0) is 5.41 Å². The third-order valence-electron chi connectivity index (χ3n) is 4.61. The minimum absolute atomic E-state index is 0.0913. The summed E-state index contributed by atoms with van der Waals surface area (Å²) < 4.78 is 0. The number of hydrogen-bond acceptors (Lipinski definition) is 2. The number of benzene rings is 1. The van der Waals surface area contributed by atoms with Crippen LogP contribution in [0.1, 0.15) is 41.4 Å². The van der Waals surface area contributed by atoms with Gasteiger partial charge in [-0.05, 0) is 37.5 Å². The molecule has 1 amide bonds. The van der Waals surface area contributed by atoms with Gasteiger partial charge in [0.15, 0.2) is 0 Å². The average Bonchev–Trinajstić information content (AvgIpc) is 2.95. The van der Waals surface area contributed by atoms with Crippen molar-refractivity contribution in [3.8, 4) is 0 Å². The zero-order valence-corrected chi connectivity index (χ0v) is 12.6. The number of likely N-dealkylation sites (tertiary alicyclic amines) is 1. The number of rotatable bonds is 2. The highest BCUT2D eigenvalue weighted by Gasteiger charge is 2.35. The van der Waals surface area contributed by atoms with E-state index in [0.717, 1.165) is 31.5 Å². The molecule has 1 aliphatic rings. The van der Waals surface area contributed by atoms with Crippen molar-refractivity contribution in [2.45, 2.75) is 32.1 Å². The maximum atomic E-state index is 12.5. The molecule has 4 heteroatoms. The SMILES string of the molecule is Cc1cn[nH]c1C1(C)CCN(C(=O)c2ccccc2)CC1. The normalized spacial score (nSPS) is 17.7. The summed E-state index contributed by atoms with van der Waals surface area (Å²) >= 11 is 0. The minimum atomic E-state index is 0.0913. The molecule has 1 aliphatic heterocycles. The Morgan fingerprint density at radius 3 is 2.48 bits per heavy atom. The number of carbonyl (C=O) groups is 1. The van der Waals surface area contributed by atoms with Crippen LogP contribution in [0.4, 0.5) is 0 Å². The predicted octanol–water partition coefficient (Wildman–Crippen LogP) is 2.91. The Morgan fingerprint density at radius 2 is 1.90 bits per heavy atom. The fraction of sp³-hybridized carbons (Fsp3) is 0.412. The van der Waals surface area contributed by atoms with Crippen molar-refractivity contribution in [2.75, 3.05) is 13.1 Å². The third kappa shape index (κ3) is 2.58. The Labute approximate surface area is 125 Å². The van der Waals surface area contributed by atoms with Crippen LogP contribution in [0.15, 0.2) is 36.5 Å². The number of piperidine rings is 1. The van der Waals surface area contributed by atoms with E-state index in [0.29, 0.717) is 0 Å². The van der Waals surface area contributed by atoms with Crippen LogP contribution in [0.2, 0.25) is 0 Å². The van der Waals surface area contributed by atoms with Gasteiger partial charge < -0.3 is 4.90 Å². The van der Waals surface area contributed by atoms with Crippen LogP contribution < -0.4 is 0 Å². The topological polar surface area (TPSA) is 49.0 Å². The fourth-order valence-electron chi connectivity index (χ4n) is 3.17. The van der Waals surface area contributed by atoms with E-state index in [9.17, 15) is 4.79 Å². The van der Waals surface area contributed by atoms with Crippen molar-refractivity contribution < 1.29 is 4.79 Å². The monoisotopic (exact) mass is 283 g/mol. The number of H-pyrrole nitrogens is 1. The van der Waals surface area contributed by atoms with Crippen molar-refractivity contribution in [3.05, 3.63) is 53.3 Å². The molecule has 0 spiro atoms. The number of amides is 1. The quantitative estimate of drug-likeness (QED) is 0.921. The lowest BCUT2D eigenvalue weighted by atomic mass is 9.76. The highest BCUT2D eigenvalue weighted by Crippen LogP contribution is 2.35. The highest BCUT2D eigenvalue weighted by atomic mass is 16.2. The molecule has 1 aromatic heterocycles. The molecule has 21 heavy (non-hydrogen) atoms. The summed E-state index contributed by atoms with van der Waals surface area (Å²) in [6.45, 7) is 5.94. The first-order valence-corrected chi connectivity index (χ1v) is 7.45. The predicted molar refractivity (Wildman–Crippen MR) is 82.3 cm³/mol. The van der Waals surface area contributed by atoms with Gasteiger partial charge in [-0.15, -0.1) is 0 Å². The van der Waals surface area contributed by atoms with Crippen molar-refractivity contribution in [1.29, 1.82) is 0 Å². The second-order valence-electron chi connectivity index (χ2n) is 6.15. The van der Waals surface area contributed by atoms with Gasteiger partial charge in [-0.3, -0.25) is 9.89 Å². The molecule has 0 bridgehead atoms. The summed E-state index contributed by atoms with van der Waals surface area (Å²) in [6, 6.07) is 9.53. The molecule has 0 saturated carbocycles. The van der Waals surface area contributed by atoms with E-state index in [1.165, 1.54) is 11.3 Å². The van der Waals surface area contributed by atoms with Gasteiger partial charge in [-0.25, -0.2) is 0 Å². The maximum Gasteiger partial charge on any atom is 0.253 e. The Balaban J connectivity index is 1.71. The van der Waals surface area contributed by atoms with Crippen LogP contribution >= 0.6 is 0 Å². The smallest absolute Gasteiger partial charge is 0.253 e. The molecule has 3 rings (SSSR count). The van der Waals surface area contributed by atoms with Gasteiger partial charge >= 0.3 is 0 Å². The van der Waals surface area contributed by atoms with Crippen molar-refractivity contribution in [1.82, 2.24) is 15.1 Å². The zero-order chi connectivity index (χ0) is 14.9. The summed E-state index contributed by atoms with van der Waals surface area (Å²) in [5.74, 6) is 0.138. The van der Waals surface area contributed by atoms with Crippen LogP contribution in [0, 0.1) is 6.92 Å². The molecule has 1 saturated heterocycles. The summed E-state index contributed by atoms with van der Waals surface area (Å²) in [4.78, 5) is 14.4. The molecular weight excluding hydrogens is 262 g/mol. The fourth-order valence-corrected chi connectivity index (χ4v) is 3.17.